The SMILES string of the molecule is Cl.Cl.O=[C]([Al])c1ccc2cc(Br)ccc2c1C(=O)c1ccc2cc(Br)ccc2c1. The summed E-state index contributed by atoms with van der Waals surface area (Å²) in [5.74, 6) is -0.154. The summed E-state index contributed by atoms with van der Waals surface area (Å²) in [6.07, 6.45) is 0. The maximum absolute atomic E-state index is 13.4. The van der Waals surface area contributed by atoms with E-state index in [1.165, 1.54) is 0 Å². The molecular formula is C22H13AlBr2Cl2O2. The number of hydrogen-bond donors (Lipinski definition) is 0. The molecule has 0 atom stereocenters. The molecule has 0 saturated carbocycles. The minimum absolute atomic E-state index is 0. The van der Waals surface area contributed by atoms with Crippen LogP contribution in [-0.2, 0) is 0 Å². The smallest absolute Gasteiger partial charge is 0.250 e. The second kappa shape index (κ2) is 9.75. The van der Waals surface area contributed by atoms with Gasteiger partial charge < -0.3 is 4.79 Å². The summed E-state index contributed by atoms with van der Waals surface area (Å²) in [4.78, 5) is 25.6. The average Bonchev–Trinajstić information content (AvgIpc) is 2.65. The quantitative estimate of drug-likeness (QED) is 0.200. The number of ketones is 1. The molecule has 0 bridgehead atoms. The first-order valence-corrected chi connectivity index (χ1v) is 10.4. The van der Waals surface area contributed by atoms with Crippen LogP contribution in [-0.4, -0.2) is 26.7 Å². The van der Waals surface area contributed by atoms with E-state index >= 15 is 0 Å². The zero-order valence-corrected chi connectivity index (χ0v) is 20.8. The summed E-state index contributed by atoms with van der Waals surface area (Å²) in [6.45, 7) is 0. The van der Waals surface area contributed by atoms with Crippen LogP contribution in [0.4, 0.5) is 0 Å². The van der Waals surface area contributed by atoms with Gasteiger partial charge in [-0.05, 0) is 51.9 Å². The maximum atomic E-state index is 13.4. The molecule has 0 amide bonds. The fourth-order valence-electron chi connectivity index (χ4n) is 3.25. The number of carbonyl (C=O) groups is 2. The normalized spacial score (nSPS) is 10.3. The molecule has 0 fully saturated rings. The molecule has 4 aromatic rings. The molecule has 0 aliphatic carbocycles. The van der Waals surface area contributed by atoms with Gasteiger partial charge in [0.2, 0.25) is 0 Å². The summed E-state index contributed by atoms with van der Waals surface area (Å²) in [5, 5.41) is 3.70. The Morgan fingerprint density at radius 3 is 1.93 bits per heavy atom. The summed E-state index contributed by atoms with van der Waals surface area (Å²) in [6, 6.07) is 20.8. The van der Waals surface area contributed by atoms with Crippen LogP contribution in [0.25, 0.3) is 21.5 Å². The summed E-state index contributed by atoms with van der Waals surface area (Å²) < 4.78 is 1.71. The van der Waals surface area contributed by atoms with Crippen LogP contribution >= 0.6 is 56.7 Å². The van der Waals surface area contributed by atoms with Gasteiger partial charge in [-0.1, -0.05) is 68.3 Å². The maximum Gasteiger partial charge on any atom is 0.250 e. The van der Waals surface area contributed by atoms with Crippen LogP contribution in [0.2, 0.25) is 0 Å². The zero-order valence-electron chi connectivity index (χ0n) is 14.8. The van der Waals surface area contributed by atoms with Crippen molar-refractivity contribution in [1.82, 2.24) is 0 Å². The van der Waals surface area contributed by atoms with Crippen molar-refractivity contribution < 1.29 is 9.59 Å². The first-order chi connectivity index (χ1) is 12.9. The highest BCUT2D eigenvalue weighted by Crippen LogP contribution is 2.29. The largest absolute Gasteiger partial charge is 0.318 e. The lowest BCUT2D eigenvalue weighted by molar-refractivity contribution is 0.102. The molecule has 0 saturated heterocycles. The van der Waals surface area contributed by atoms with Gasteiger partial charge in [0, 0.05) is 25.6 Å². The molecular weight excluding hydrogens is 554 g/mol. The summed E-state index contributed by atoms with van der Waals surface area (Å²) in [7, 11) is 0. The lowest BCUT2D eigenvalue weighted by Gasteiger charge is -2.12. The Morgan fingerprint density at radius 2 is 1.24 bits per heavy atom. The summed E-state index contributed by atoms with van der Waals surface area (Å²) >= 11 is 9.10. The van der Waals surface area contributed by atoms with E-state index in [0.29, 0.717) is 16.7 Å². The van der Waals surface area contributed by atoms with Crippen LogP contribution in [0.1, 0.15) is 26.3 Å². The Labute approximate surface area is 205 Å². The van der Waals surface area contributed by atoms with Gasteiger partial charge in [0.25, 0.3) is 16.3 Å². The zero-order chi connectivity index (χ0) is 19.1. The second-order valence-electron chi connectivity index (χ2n) is 6.25. The molecule has 0 aromatic heterocycles. The van der Waals surface area contributed by atoms with Crippen LogP contribution in [0, 0.1) is 0 Å². The highest BCUT2D eigenvalue weighted by atomic mass is 79.9. The van der Waals surface area contributed by atoms with Crippen LogP contribution in [0.5, 0.6) is 0 Å². The third-order valence-electron chi connectivity index (χ3n) is 4.54. The van der Waals surface area contributed by atoms with Gasteiger partial charge in [-0.2, -0.15) is 0 Å². The number of benzene rings is 4. The van der Waals surface area contributed by atoms with E-state index in [9.17, 15) is 9.59 Å². The Kier molecular flexibility index (Phi) is 8.09. The molecule has 0 unspecified atom stereocenters. The molecule has 0 heterocycles. The Bertz CT molecular complexity index is 1260. The fourth-order valence-corrected chi connectivity index (χ4v) is 4.25. The van der Waals surface area contributed by atoms with E-state index in [1.807, 2.05) is 60.7 Å². The minimum atomic E-state index is -0.201. The third-order valence-corrected chi connectivity index (χ3v) is 5.84. The third kappa shape index (κ3) is 4.77. The number of rotatable bonds is 3. The van der Waals surface area contributed by atoms with Gasteiger partial charge in [-0.25, -0.2) is 0 Å². The van der Waals surface area contributed by atoms with E-state index in [0.717, 1.165) is 30.5 Å². The lowest BCUT2D eigenvalue weighted by Crippen LogP contribution is -2.11. The lowest BCUT2D eigenvalue weighted by atomic mass is 9.92. The minimum Gasteiger partial charge on any atom is -0.318 e. The molecule has 7 heteroatoms. The van der Waals surface area contributed by atoms with E-state index in [4.69, 9.17) is 0 Å². The van der Waals surface area contributed by atoms with Crippen molar-refractivity contribution in [3.8, 4) is 0 Å². The van der Waals surface area contributed by atoms with E-state index in [2.05, 4.69) is 48.2 Å². The molecule has 4 rings (SSSR count). The molecule has 0 aliphatic heterocycles. The van der Waals surface area contributed by atoms with E-state index < -0.39 is 0 Å². The van der Waals surface area contributed by atoms with Crippen molar-refractivity contribution in [3.63, 3.8) is 0 Å². The fraction of sp³-hybridized carbons (Fsp3) is 0. The van der Waals surface area contributed by atoms with Crippen molar-refractivity contribution in [3.05, 3.63) is 92.4 Å². The number of halogens is 4. The second-order valence-corrected chi connectivity index (χ2v) is 8.61. The molecule has 2 nitrogen and oxygen atoms in total. The van der Waals surface area contributed by atoms with Gasteiger partial charge in [0.05, 0.1) is 4.65 Å². The van der Waals surface area contributed by atoms with Crippen molar-refractivity contribution in [1.29, 1.82) is 0 Å². The number of hydrogen-bond acceptors (Lipinski definition) is 2. The first-order valence-electron chi connectivity index (χ1n) is 8.20. The topological polar surface area (TPSA) is 34.1 Å². The first kappa shape index (κ1) is 24.1. The Hall–Kier alpha value is -1.19. The van der Waals surface area contributed by atoms with Crippen molar-refractivity contribution in [2.24, 2.45) is 0 Å². The van der Waals surface area contributed by atoms with Crippen LogP contribution < -0.4 is 0 Å². The monoisotopic (exact) mass is 564 g/mol. The molecule has 0 spiro atoms. The van der Waals surface area contributed by atoms with Gasteiger partial charge in [0.1, 0.15) is 0 Å². The number of carbonyl (C=O) groups excluding carboxylic acids is 2. The van der Waals surface area contributed by atoms with E-state index in [1.54, 1.807) is 6.07 Å². The molecule has 0 N–H and O–H groups in total. The Morgan fingerprint density at radius 1 is 0.690 bits per heavy atom. The molecule has 0 aliphatic rings. The van der Waals surface area contributed by atoms with E-state index in [-0.39, 0.29) is 35.2 Å². The van der Waals surface area contributed by atoms with Gasteiger partial charge >= 0.3 is 0 Å². The number of fused-ring (bicyclic) bond motifs is 2. The predicted molar refractivity (Wildman–Crippen MR) is 131 cm³/mol. The van der Waals surface area contributed by atoms with Gasteiger partial charge in [-0.15, -0.1) is 24.8 Å². The molecule has 4 aromatic carbocycles. The van der Waals surface area contributed by atoms with Gasteiger partial charge in [0.15, 0.2) is 5.78 Å². The van der Waals surface area contributed by atoms with Gasteiger partial charge in [-0.3, -0.25) is 4.79 Å². The molecule has 2 radical (unpaired) electrons. The predicted octanol–water partition coefficient (Wildman–Crippen LogP) is 6.90. The average molecular weight is 567 g/mol. The van der Waals surface area contributed by atoms with Crippen LogP contribution in [0.3, 0.4) is 0 Å². The Balaban J connectivity index is 0.00000150. The molecule has 29 heavy (non-hydrogen) atoms. The highest BCUT2D eigenvalue weighted by molar-refractivity contribution is 9.10. The van der Waals surface area contributed by atoms with Crippen molar-refractivity contribution in [2.75, 3.05) is 0 Å². The summed E-state index contributed by atoms with van der Waals surface area (Å²) in [5.41, 5.74) is 1.42. The van der Waals surface area contributed by atoms with Crippen molar-refractivity contribution >= 4 is 105 Å². The standard InChI is InChI=1S/C22H11Br2O2.Al.2ClH/c23-18-6-5-13-9-16(3-1-14(13)10-18)22(26)21-17(12-25)4-2-15-11-19(24)7-8-20(15)21;;;/h1-11H;;2*1H. The molecule has 144 valence electrons. The van der Waals surface area contributed by atoms with Crippen LogP contribution in [0.15, 0.2) is 75.7 Å². The van der Waals surface area contributed by atoms with Crippen molar-refractivity contribution in [2.45, 2.75) is 0 Å². The highest BCUT2D eigenvalue weighted by Gasteiger charge is 2.19.